The second kappa shape index (κ2) is 2.48. The maximum absolute atomic E-state index is 8.42. The summed E-state index contributed by atoms with van der Waals surface area (Å²) in [6.45, 7) is 1.34. The van der Waals surface area contributed by atoms with E-state index in [1.54, 1.807) is 0 Å². The predicted molar refractivity (Wildman–Crippen MR) is 32.5 cm³/mol. The van der Waals surface area contributed by atoms with E-state index in [1.165, 1.54) is 6.92 Å². The predicted octanol–water partition coefficient (Wildman–Crippen LogP) is 0.481. The summed E-state index contributed by atoms with van der Waals surface area (Å²) in [6, 6.07) is 0. The fraction of sp³-hybridized carbons (Fsp3) is 0.500. The minimum absolute atomic E-state index is 0.146. The standard InChI is InChI=1S/C4H7BrO3/c1-3(6)2-4(5,7)8/h2,6-8H,1H3. The normalized spacial score (nSPS) is 14.2. The number of alkyl halides is 1. The van der Waals surface area contributed by atoms with E-state index in [4.69, 9.17) is 15.3 Å². The van der Waals surface area contributed by atoms with Crippen molar-refractivity contribution in [3.05, 3.63) is 11.8 Å². The zero-order chi connectivity index (χ0) is 6.78. The van der Waals surface area contributed by atoms with Gasteiger partial charge < -0.3 is 15.3 Å². The van der Waals surface area contributed by atoms with Gasteiger partial charge in [0.25, 0.3) is 0 Å². The molecule has 0 amide bonds. The van der Waals surface area contributed by atoms with Crippen LogP contribution in [0.3, 0.4) is 0 Å². The van der Waals surface area contributed by atoms with Crippen molar-refractivity contribution in [2.75, 3.05) is 0 Å². The van der Waals surface area contributed by atoms with Gasteiger partial charge in [0.2, 0.25) is 4.70 Å². The molecule has 0 aliphatic heterocycles. The SMILES string of the molecule is CC(O)=CC(O)(O)Br. The molecule has 0 unspecified atom stereocenters. The zero-order valence-corrected chi connectivity index (χ0v) is 5.88. The highest BCUT2D eigenvalue weighted by molar-refractivity contribution is 9.10. The first-order valence-corrected chi connectivity index (χ1v) is 2.73. The molecule has 4 heteroatoms. The molecule has 0 rings (SSSR count). The molecule has 0 aliphatic rings. The molecular formula is C4H7BrO3. The molecule has 3 nitrogen and oxygen atoms in total. The molecule has 0 aromatic rings. The maximum atomic E-state index is 8.42. The van der Waals surface area contributed by atoms with Crippen LogP contribution in [0.5, 0.6) is 0 Å². The fourth-order valence-electron chi connectivity index (χ4n) is 0.266. The van der Waals surface area contributed by atoms with Gasteiger partial charge in [-0.1, -0.05) is 0 Å². The first-order valence-electron chi connectivity index (χ1n) is 1.94. The van der Waals surface area contributed by atoms with Gasteiger partial charge in [-0.2, -0.15) is 0 Å². The van der Waals surface area contributed by atoms with Crippen LogP contribution in [0.2, 0.25) is 0 Å². The summed E-state index contributed by atoms with van der Waals surface area (Å²) in [5, 5.41) is 25.2. The number of aliphatic hydroxyl groups is 3. The molecule has 0 aliphatic carbocycles. The van der Waals surface area contributed by atoms with E-state index in [2.05, 4.69) is 15.9 Å². The van der Waals surface area contributed by atoms with E-state index in [0.29, 0.717) is 0 Å². The molecule has 0 atom stereocenters. The molecule has 0 spiro atoms. The second-order valence-electron chi connectivity index (χ2n) is 1.42. The van der Waals surface area contributed by atoms with E-state index in [-0.39, 0.29) is 5.76 Å². The highest BCUT2D eigenvalue weighted by Crippen LogP contribution is 2.11. The van der Waals surface area contributed by atoms with Gasteiger partial charge in [-0.15, -0.1) is 0 Å². The molecule has 3 N–H and O–H groups in total. The molecule has 0 bridgehead atoms. The Morgan fingerprint density at radius 3 is 2.00 bits per heavy atom. The molecule has 48 valence electrons. The topological polar surface area (TPSA) is 60.7 Å². The Morgan fingerprint density at radius 2 is 2.00 bits per heavy atom. The summed E-state index contributed by atoms with van der Waals surface area (Å²) >= 11 is 2.45. The third-order valence-electron chi connectivity index (χ3n) is 0.393. The summed E-state index contributed by atoms with van der Waals surface area (Å²) in [5.41, 5.74) is 0. The van der Waals surface area contributed by atoms with Crippen LogP contribution >= 0.6 is 15.9 Å². The van der Waals surface area contributed by atoms with Gasteiger partial charge in [0.1, 0.15) is 0 Å². The first kappa shape index (κ1) is 7.94. The van der Waals surface area contributed by atoms with Crippen LogP contribution in [0.25, 0.3) is 0 Å². The highest BCUT2D eigenvalue weighted by atomic mass is 79.9. The Bertz CT molecular complexity index is 98.3. The van der Waals surface area contributed by atoms with Crippen molar-refractivity contribution in [2.45, 2.75) is 11.6 Å². The molecule has 0 saturated heterocycles. The third kappa shape index (κ3) is 5.94. The van der Waals surface area contributed by atoms with Gasteiger partial charge in [-0.25, -0.2) is 0 Å². The molecule has 0 radical (unpaired) electrons. The van der Waals surface area contributed by atoms with E-state index >= 15 is 0 Å². The number of rotatable bonds is 1. The lowest BCUT2D eigenvalue weighted by Crippen LogP contribution is -2.14. The average Bonchev–Trinajstić information content (AvgIpc) is 1.21. The zero-order valence-electron chi connectivity index (χ0n) is 4.30. The van der Waals surface area contributed by atoms with Crippen molar-refractivity contribution in [1.82, 2.24) is 0 Å². The van der Waals surface area contributed by atoms with E-state index in [0.717, 1.165) is 6.08 Å². The largest absolute Gasteiger partial charge is 0.513 e. The molecule has 0 aromatic heterocycles. The summed E-state index contributed by atoms with van der Waals surface area (Å²) in [4.78, 5) is 0. The fourth-order valence-corrected chi connectivity index (χ4v) is 0.597. The Labute approximate surface area is 55.4 Å². The summed E-state index contributed by atoms with van der Waals surface area (Å²) in [5.74, 6) is -0.146. The molecular weight excluding hydrogens is 176 g/mol. The van der Waals surface area contributed by atoms with Crippen LogP contribution in [0.4, 0.5) is 0 Å². The quantitative estimate of drug-likeness (QED) is 0.314. The van der Waals surface area contributed by atoms with Gasteiger partial charge >= 0.3 is 0 Å². The molecule has 0 saturated carbocycles. The van der Waals surface area contributed by atoms with E-state index in [9.17, 15) is 0 Å². The highest BCUT2D eigenvalue weighted by Gasteiger charge is 2.12. The lowest BCUT2D eigenvalue weighted by atomic mass is 10.5. The van der Waals surface area contributed by atoms with Gasteiger partial charge in [-0.05, 0) is 22.9 Å². The van der Waals surface area contributed by atoms with Crippen LogP contribution in [0, 0.1) is 0 Å². The van der Waals surface area contributed by atoms with Gasteiger partial charge in [0, 0.05) is 6.08 Å². The summed E-state index contributed by atoms with van der Waals surface area (Å²) in [7, 11) is 0. The van der Waals surface area contributed by atoms with Crippen molar-refractivity contribution in [1.29, 1.82) is 0 Å². The molecule has 8 heavy (non-hydrogen) atoms. The van der Waals surface area contributed by atoms with E-state index < -0.39 is 4.70 Å². The van der Waals surface area contributed by atoms with E-state index in [1.807, 2.05) is 0 Å². The van der Waals surface area contributed by atoms with Crippen LogP contribution in [0.15, 0.2) is 11.8 Å². The van der Waals surface area contributed by atoms with Crippen molar-refractivity contribution >= 4 is 15.9 Å². The Kier molecular flexibility index (Phi) is 2.46. The lowest BCUT2D eigenvalue weighted by molar-refractivity contribution is -0.0279. The van der Waals surface area contributed by atoms with Crippen LogP contribution in [0.1, 0.15) is 6.92 Å². The van der Waals surface area contributed by atoms with Gasteiger partial charge in [-0.3, -0.25) is 0 Å². The second-order valence-corrected chi connectivity index (χ2v) is 2.59. The van der Waals surface area contributed by atoms with Crippen LogP contribution in [-0.4, -0.2) is 20.0 Å². The number of halogens is 1. The molecule has 0 aromatic carbocycles. The Morgan fingerprint density at radius 1 is 1.62 bits per heavy atom. The Balaban J connectivity index is 3.89. The monoisotopic (exact) mass is 182 g/mol. The van der Waals surface area contributed by atoms with Gasteiger partial charge in [0.05, 0.1) is 5.76 Å². The van der Waals surface area contributed by atoms with Crippen molar-refractivity contribution in [3.8, 4) is 0 Å². The first-order chi connectivity index (χ1) is 3.42. The molecule has 0 fully saturated rings. The molecule has 0 heterocycles. The van der Waals surface area contributed by atoms with Crippen molar-refractivity contribution in [3.63, 3.8) is 0 Å². The number of allylic oxidation sites excluding steroid dienone is 1. The average molecular weight is 183 g/mol. The summed E-state index contributed by atoms with van der Waals surface area (Å²) in [6.07, 6.45) is 0.854. The van der Waals surface area contributed by atoms with Crippen LogP contribution < -0.4 is 0 Å². The van der Waals surface area contributed by atoms with Crippen molar-refractivity contribution in [2.24, 2.45) is 0 Å². The maximum Gasteiger partial charge on any atom is 0.245 e. The smallest absolute Gasteiger partial charge is 0.245 e. The minimum atomic E-state index is -2.08. The Hall–Kier alpha value is -0.0600. The lowest BCUT2D eigenvalue weighted by Gasteiger charge is -2.05. The number of aliphatic hydroxyl groups excluding tert-OH is 1. The summed E-state index contributed by atoms with van der Waals surface area (Å²) < 4.78 is -2.08. The van der Waals surface area contributed by atoms with Crippen molar-refractivity contribution < 1.29 is 15.3 Å². The van der Waals surface area contributed by atoms with Crippen LogP contribution in [-0.2, 0) is 0 Å². The number of hydrogen-bond acceptors (Lipinski definition) is 3. The minimum Gasteiger partial charge on any atom is -0.513 e. The van der Waals surface area contributed by atoms with Gasteiger partial charge in [0.15, 0.2) is 0 Å². The number of hydrogen-bond donors (Lipinski definition) is 3. The third-order valence-corrected chi connectivity index (χ3v) is 0.621.